The highest BCUT2D eigenvalue weighted by atomic mass is 32.2. The van der Waals surface area contributed by atoms with Crippen LogP contribution in [0.4, 0.5) is 11.4 Å². The van der Waals surface area contributed by atoms with Crippen molar-refractivity contribution in [3.8, 4) is 0 Å². The molecule has 2 heterocycles. The summed E-state index contributed by atoms with van der Waals surface area (Å²) in [5.74, 6) is -1.18. The van der Waals surface area contributed by atoms with E-state index in [2.05, 4.69) is 100 Å². The molecule has 15 heteroatoms. The second-order valence-corrected chi connectivity index (χ2v) is 19.1. The van der Waals surface area contributed by atoms with Crippen molar-refractivity contribution in [2.75, 3.05) is 24.6 Å². The average Bonchev–Trinajstić information content (AvgIpc) is 3.66. The number of amides is 1. The van der Waals surface area contributed by atoms with E-state index in [0.717, 1.165) is 104 Å². The molecule has 13 nitrogen and oxygen atoms in total. The van der Waals surface area contributed by atoms with Gasteiger partial charge >= 0.3 is 5.97 Å². The van der Waals surface area contributed by atoms with Crippen LogP contribution in [0.3, 0.4) is 0 Å². The van der Waals surface area contributed by atoms with Crippen molar-refractivity contribution in [1.29, 1.82) is 0 Å². The van der Waals surface area contributed by atoms with E-state index in [4.69, 9.17) is 19.6 Å². The minimum absolute atomic E-state index is 0.234. The molecular formula is C52H60N3O10S2+. The van der Waals surface area contributed by atoms with Gasteiger partial charge in [0, 0.05) is 63.7 Å². The molecule has 2 aliphatic heterocycles. The van der Waals surface area contributed by atoms with E-state index in [9.17, 15) is 14.4 Å². The molecule has 0 saturated carbocycles. The SMILES string of the molecule is CCN1C(=CC=CC=CC2=[N+](CCCCCC(=O)N[C@@H](Cc3ccccc3)C(=O)COC(=O)c3c(C)cccc3C)c3ccc(SOOO)cc3C2(C)C)C(C)(C)c2cc(SOOO)ccc21. The van der Waals surface area contributed by atoms with Gasteiger partial charge < -0.3 is 15.0 Å². The lowest BCUT2D eigenvalue weighted by atomic mass is 9.81. The van der Waals surface area contributed by atoms with Crippen LogP contribution in [-0.4, -0.2) is 64.2 Å². The highest BCUT2D eigenvalue weighted by Gasteiger charge is 2.44. The van der Waals surface area contributed by atoms with Crippen molar-refractivity contribution in [3.63, 3.8) is 0 Å². The first kappa shape index (κ1) is 51.0. The van der Waals surface area contributed by atoms with E-state index in [0.29, 0.717) is 18.5 Å². The number of benzene rings is 4. The number of nitrogens with one attached hydrogen (secondary N) is 1. The van der Waals surface area contributed by atoms with E-state index >= 15 is 0 Å². The maximum Gasteiger partial charge on any atom is 0.339 e. The van der Waals surface area contributed by atoms with E-state index < -0.39 is 24.0 Å². The first-order valence-electron chi connectivity index (χ1n) is 22.4. The topological polar surface area (TPSA) is 156 Å². The fourth-order valence-corrected chi connectivity index (χ4v) is 9.80. The van der Waals surface area contributed by atoms with Crippen molar-refractivity contribution in [2.45, 2.75) is 107 Å². The van der Waals surface area contributed by atoms with E-state index in [1.807, 2.05) is 92.7 Å². The van der Waals surface area contributed by atoms with Gasteiger partial charge in [-0.25, -0.2) is 15.3 Å². The minimum Gasteiger partial charge on any atom is -0.454 e. The van der Waals surface area contributed by atoms with Crippen LogP contribution in [0, 0.1) is 13.8 Å². The van der Waals surface area contributed by atoms with Crippen LogP contribution in [0.5, 0.6) is 0 Å². The summed E-state index contributed by atoms with van der Waals surface area (Å²) in [5, 5.41) is 28.1. The number of likely N-dealkylation sites (N-methyl/N-ethyl adjacent to an activating group) is 1. The fraction of sp³-hybridized carbons (Fsp3) is 0.346. The molecule has 0 aliphatic carbocycles. The first-order valence-corrected chi connectivity index (χ1v) is 23.9. The quantitative estimate of drug-likeness (QED) is 0.0123. The molecule has 67 heavy (non-hydrogen) atoms. The van der Waals surface area contributed by atoms with Crippen molar-refractivity contribution in [1.82, 2.24) is 5.32 Å². The number of hydrogen-bond donors (Lipinski definition) is 3. The normalized spacial score (nSPS) is 16.0. The van der Waals surface area contributed by atoms with Crippen LogP contribution in [0.15, 0.2) is 131 Å². The number of allylic oxidation sites excluding steroid dienone is 6. The van der Waals surface area contributed by atoms with Crippen LogP contribution < -0.4 is 10.2 Å². The maximum absolute atomic E-state index is 13.5. The van der Waals surface area contributed by atoms with Crippen LogP contribution in [-0.2, 0) is 50.3 Å². The van der Waals surface area contributed by atoms with Gasteiger partial charge in [0.25, 0.3) is 0 Å². The Morgan fingerprint density at radius 3 is 2.13 bits per heavy atom. The number of unbranched alkanes of at least 4 members (excludes halogenated alkanes) is 2. The fourth-order valence-electron chi connectivity index (χ4n) is 9.00. The smallest absolute Gasteiger partial charge is 0.339 e. The Morgan fingerprint density at radius 1 is 0.791 bits per heavy atom. The summed E-state index contributed by atoms with van der Waals surface area (Å²) in [6.45, 7) is 15.6. The molecule has 2 aliphatic rings. The third-order valence-corrected chi connectivity index (χ3v) is 13.6. The largest absolute Gasteiger partial charge is 0.454 e. The Kier molecular flexibility index (Phi) is 18.0. The Bertz CT molecular complexity index is 2520. The number of carbonyl (C=O) groups is 3. The number of fused-ring (bicyclic) bond motifs is 2. The number of hydrogen-bond acceptors (Lipinski definition) is 13. The zero-order valence-corrected chi connectivity index (χ0v) is 40.7. The zero-order valence-electron chi connectivity index (χ0n) is 39.1. The van der Waals surface area contributed by atoms with E-state index in [1.165, 1.54) is 0 Å². The number of carbonyl (C=O) groups excluding carboxylic acids is 3. The number of ether oxygens (including phenoxy) is 1. The zero-order chi connectivity index (χ0) is 48.1. The van der Waals surface area contributed by atoms with Gasteiger partial charge in [-0.3, -0.25) is 9.59 Å². The molecule has 4 aromatic carbocycles. The third-order valence-electron chi connectivity index (χ3n) is 12.4. The molecule has 0 saturated heterocycles. The van der Waals surface area contributed by atoms with Crippen molar-refractivity contribution in [2.24, 2.45) is 0 Å². The van der Waals surface area contributed by atoms with E-state index in [1.54, 1.807) is 0 Å². The molecule has 3 N–H and O–H groups in total. The molecule has 354 valence electrons. The highest BCUT2D eigenvalue weighted by molar-refractivity contribution is 7.94. The minimum atomic E-state index is -0.858. The van der Waals surface area contributed by atoms with Gasteiger partial charge in [-0.05, 0) is 113 Å². The number of ketones is 1. The Hall–Kier alpha value is -5.36. The number of aryl methyl sites for hydroxylation is 2. The third kappa shape index (κ3) is 12.4. The highest BCUT2D eigenvalue weighted by Crippen LogP contribution is 2.49. The Morgan fingerprint density at radius 2 is 1.46 bits per heavy atom. The summed E-state index contributed by atoms with van der Waals surface area (Å²) >= 11 is 1.87. The number of anilines is 1. The molecule has 1 atom stereocenters. The second-order valence-electron chi connectivity index (χ2n) is 17.6. The number of rotatable bonds is 23. The summed E-state index contributed by atoms with van der Waals surface area (Å²) in [7, 11) is 0. The lowest BCUT2D eigenvalue weighted by Crippen LogP contribution is -2.44. The summed E-state index contributed by atoms with van der Waals surface area (Å²) in [4.78, 5) is 43.8. The van der Waals surface area contributed by atoms with Crippen LogP contribution >= 0.6 is 24.1 Å². The molecule has 1 amide bonds. The van der Waals surface area contributed by atoms with Crippen LogP contribution in [0.25, 0.3) is 0 Å². The maximum atomic E-state index is 13.5. The molecule has 0 fully saturated rings. The Balaban J connectivity index is 1.12. The first-order chi connectivity index (χ1) is 32.2. The molecule has 0 aromatic heterocycles. The van der Waals surface area contributed by atoms with Gasteiger partial charge in [0.2, 0.25) is 11.6 Å². The predicted molar refractivity (Wildman–Crippen MR) is 261 cm³/mol. The van der Waals surface area contributed by atoms with Crippen molar-refractivity contribution >= 4 is 58.8 Å². The number of Topliss-reactive ketones (excluding diaryl/α,β-unsaturated/α-hetero) is 1. The lowest BCUT2D eigenvalue weighted by molar-refractivity contribution is -0.438. The lowest BCUT2D eigenvalue weighted by Gasteiger charge is -2.25. The van der Waals surface area contributed by atoms with Crippen molar-refractivity contribution in [3.05, 3.63) is 154 Å². The standard InChI is InChI=1S/C52H59N3O10S2/c1-8-54-43-28-26-38(66-64-62-59)32-40(43)51(4,5)46(54)23-14-10-15-24-47-52(6,7)41-33-39(67-65-63-60)27-29-44(41)55(47)30-17-11-16-25-48(57)53-42(31-37-21-12-9-13-22-37)45(56)34-61-50(58)49-35(2)19-18-20-36(49)3/h9-10,12-15,18-24,26-29,32-33,42H,8,11,16-17,25,30-31,34H2,1-7H3,(H2-,53,57,59,60)/p+1/t42-/m0/s1. The average molecular weight is 951 g/mol. The van der Waals surface area contributed by atoms with Gasteiger partial charge in [-0.15, -0.1) is 8.67 Å². The predicted octanol–water partition coefficient (Wildman–Crippen LogP) is 11.1. The van der Waals surface area contributed by atoms with Crippen LogP contribution in [0.1, 0.15) is 98.5 Å². The summed E-state index contributed by atoms with van der Waals surface area (Å²) in [6.07, 6.45) is 13.1. The van der Waals surface area contributed by atoms with Crippen molar-refractivity contribution < 1.29 is 53.0 Å². The second kappa shape index (κ2) is 23.6. The summed E-state index contributed by atoms with van der Waals surface area (Å²) in [6, 6.07) is 26.2. The monoisotopic (exact) mass is 950 g/mol. The van der Waals surface area contributed by atoms with Gasteiger partial charge in [0.05, 0.1) is 41.1 Å². The molecule has 6 rings (SSSR count). The van der Waals surface area contributed by atoms with Gasteiger partial charge in [-0.2, -0.15) is 4.58 Å². The van der Waals surface area contributed by atoms with E-state index in [-0.39, 0.29) is 29.9 Å². The molecular weight excluding hydrogens is 891 g/mol. The number of nitrogens with zero attached hydrogens (tertiary/aromatic N) is 2. The summed E-state index contributed by atoms with van der Waals surface area (Å²) < 4.78 is 17.3. The number of esters is 1. The molecule has 0 bridgehead atoms. The Labute approximate surface area is 401 Å². The molecule has 0 unspecified atom stereocenters. The van der Waals surface area contributed by atoms with Crippen LogP contribution in [0.2, 0.25) is 0 Å². The van der Waals surface area contributed by atoms with Gasteiger partial charge in [0.1, 0.15) is 6.54 Å². The molecule has 0 radical (unpaired) electrons. The summed E-state index contributed by atoms with van der Waals surface area (Å²) in [5.41, 5.74) is 8.84. The van der Waals surface area contributed by atoms with Gasteiger partial charge in [-0.1, -0.05) is 90.7 Å². The van der Waals surface area contributed by atoms with Gasteiger partial charge in [0.15, 0.2) is 18.1 Å². The molecule has 0 spiro atoms. The molecule has 4 aromatic rings.